The number of likely N-dealkylation sites (tertiary alicyclic amines) is 1. The molecule has 1 saturated carbocycles. The molecule has 2 aromatic heterocycles. The topological polar surface area (TPSA) is 77.0 Å². The summed E-state index contributed by atoms with van der Waals surface area (Å²) in [6.07, 6.45) is 6.26. The highest BCUT2D eigenvalue weighted by molar-refractivity contribution is 6.05. The molecule has 0 bridgehead atoms. The van der Waals surface area contributed by atoms with Crippen LogP contribution in [0, 0.1) is 5.92 Å². The monoisotopic (exact) mass is 355 g/mol. The van der Waals surface area contributed by atoms with Crippen LogP contribution in [0.3, 0.4) is 0 Å². The molecule has 1 aliphatic carbocycles. The van der Waals surface area contributed by atoms with Gasteiger partial charge in [-0.3, -0.25) is 4.79 Å². The maximum absolute atomic E-state index is 13.4. The maximum atomic E-state index is 13.4. The van der Waals surface area contributed by atoms with Gasteiger partial charge < -0.3 is 10.6 Å². The third-order valence-electron chi connectivity index (χ3n) is 5.79. The summed E-state index contributed by atoms with van der Waals surface area (Å²) in [6.45, 7) is 7.79. The van der Waals surface area contributed by atoms with Crippen molar-refractivity contribution in [2.75, 3.05) is 13.1 Å². The molecule has 0 radical (unpaired) electrons. The number of carbonyl (C=O) groups excluding carboxylic acids is 1. The molecule has 1 aliphatic heterocycles. The summed E-state index contributed by atoms with van der Waals surface area (Å²) < 4.78 is 1.93. The van der Waals surface area contributed by atoms with Crippen molar-refractivity contribution >= 4 is 16.9 Å². The van der Waals surface area contributed by atoms with E-state index in [1.54, 1.807) is 6.20 Å². The number of rotatable bonds is 4. The third kappa shape index (κ3) is 3.11. The Morgan fingerprint density at radius 2 is 2.04 bits per heavy atom. The van der Waals surface area contributed by atoms with E-state index < -0.39 is 0 Å². The van der Waals surface area contributed by atoms with Crippen molar-refractivity contribution in [1.82, 2.24) is 19.7 Å². The molecule has 2 N–H and O–H groups in total. The number of carbonyl (C=O) groups is 1. The Balaban J connectivity index is 1.74. The Kier molecular flexibility index (Phi) is 4.47. The van der Waals surface area contributed by atoms with Crippen molar-refractivity contribution in [2.24, 2.45) is 11.7 Å². The predicted octanol–water partition coefficient (Wildman–Crippen LogP) is 3.09. The second-order valence-electron chi connectivity index (χ2n) is 8.30. The number of nitrogens with zero attached hydrogens (tertiary/aromatic N) is 4. The first-order valence-corrected chi connectivity index (χ1v) is 9.88. The van der Waals surface area contributed by atoms with Gasteiger partial charge in [0.05, 0.1) is 17.1 Å². The van der Waals surface area contributed by atoms with E-state index in [9.17, 15) is 4.79 Å². The summed E-state index contributed by atoms with van der Waals surface area (Å²) in [4.78, 5) is 20.2. The van der Waals surface area contributed by atoms with Gasteiger partial charge in [0.25, 0.3) is 5.91 Å². The van der Waals surface area contributed by atoms with Crippen LogP contribution in [0.4, 0.5) is 0 Å². The molecule has 4 rings (SSSR count). The molecule has 2 aliphatic rings. The molecular weight excluding hydrogens is 326 g/mol. The number of aromatic nitrogens is 3. The molecule has 0 unspecified atom stereocenters. The molecule has 1 amide bonds. The average molecular weight is 355 g/mol. The van der Waals surface area contributed by atoms with E-state index in [4.69, 9.17) is 10.7 Å². The number of piperidine rings is 1. The van der Waals surface area contributed by atoms with Crippen LogP contribution in [-0.2, 0) is 0 Å². The largest absolute Gasteiger partial charge is 0.338 e. The maximum Gasteiger partial charge on any atom is 0.254 e. The van der Waals surface area contributed by atoms with E-state index in [1.807, 2.05) is 22.6 Å². The zero-order valence-corrected chi connectivity index (χ0v) is 16.0. The normalized spacial score (nSPS) is 22.2. The number of fused-ring (bicyclic) bond motifs is 1. The fraction of sp³-hybridized carbons (Fsp3) is 0.650. The summed E-state index contributed by atoms with van der Waals surface area (Å²) in [6, 6.07) is 2.35. The van der Waals surface area contributed by atoms with E-state index in [-0.39, 0.29) is 18.0 Å². The lowest BCUT2D eigenvalue weighted by Crippen LogP contribution is -2.45. The average Bonchev–Trinajstić information content (AvgIpc) is 3.39. The Labute approximate surface area is 154 Å². The van der Waals surface area contributed by atoms with Crippen LogP contribution >= 0.6 is 0 Å². The van der Waals surface area contributed by atoms with Crippen molar-refractivity contribution < 1.29 is 4.79 Å². The lowest BCUT2D eigenvalue weighted by atomic mass is 9.91. The molecule has 3 heterocycles. The van der Waals surface area contributed by atoms with Gasteiger partial charge in [-0.15, -0.1) is 0 Å². The smallest absolute Gasteiger partial charge is 0.254 e. The summed E-state index contributed by atoms with van der Waals surface area (Å²) >= 11 is 0. The van der Waals surface area contributed by atoms with E-state index in [0.29, 0.717) is 11.8 Å². The van der Waals surface area contributed by atoms with Gasteiger partial charge in [-0.2, -0.15) is 5.10 Å². The van der Waals surface area contributed by atoms with Crippen molar-refractivity contribution in [1.29, 1.82) is 0 Å². The van der Waals surface area contributed by atoms with Crippen LogP contribution in [0.2, 0.25) is 0 Å². The van der Waals surface area contributed by atoms with Crippen LogP contribution in [0.15, 0.2) is 12.3 Å². The molecule has 6 heteroatoms. The van der Waals surface area contributed by atoms with Gasteiger partial charge in [-0.05, 0) is 58.4 Å². The van der Waals surface area contributed by atoms with E-state index in [2.05, 4.69) is 18.9 Å². The SMILES string of the molecule is CC(C)n1ncc2c(C(=O)N3CCC[C@H]([C@H](C)N)C3)cc(C3CC3)nc21. The first-order valence-electron chi connectivity index (χ1n) is 9.88. The standard InChI is InChI=1S/C20H29N5O/c1-12(2)25-19-17(10-22-25)16(9-18(23-19)14-6-7-14)20(26)24-8-4-5-15(11-24)13(3)21/h9-10,12-15H,4-8,11,21H2,1-3H3/t13-,15-/m0/s1. The highest BCUT2D eigenvalue weighted by atomic mass is 16.2. The second-order valence-corrected chi connectivity index (χ2v) is 8.30. The Bertz CT molecular complexity index is 821. The molecule has 6 nitrogen and oxygen atoms in total. The fourth-order valence-corrected chi connectivity index (χ4v) is 3.97. The summed E-state index contributed by atoms with van der Waals surface area (Å²) in [5, 5.41) is 5.38. The van der Waals surface area contributed by atoms with Crippen molar-refractivity contribution in [3.8, 4) is 0 Å². The van der Waals surface area contributed by atoms with Crippen molar-refractivity contribution in [3.63, 3.8) is 0 Å². The fourth-order valence-electron chi connectivity index (χ4n) is 3.97. The number of pyridine rings is 1. The summed E-state index contributed by atoms with van der Waals surface area (Å²) in [5.41, 5.74) is 8.75. The van der Waals surface area contributed by atoms with Gasteiger partial charge in [-0.25, -0.2) is 9.67 Å². The van der Waals surface area contributed by atoms with E-state index >= 15 is 0 Å². The number of nitrogens with two attached hydrogens (primary N) is 1. The third-order valence-corrected chi connectivity index (χ3v) is 5.79. The van der Waals surface area contributed by atoms with E-state index in [0.717, 1.165) is 48.2 Å². The van der Waals surface area contributed by atoms with Gasteiger partial charge in [0, 0.05) is 36.8 Å². The van der Waals surface area contributed by atoms with Crippen LogP contribution < -0.4 is 5.73 Å². The molecule has 2 atom stereocenters. The zero-order valence-electron chi connectivity index (χ0n) is 16.0. The van der Waals surface area contributed by atoms with Crippen molar-refractivity contribution in [2.45, 2.75) is 64.5 Å². The zero-order chi connectivity index (χ0) is 18.4. The molecule has 1 saturated heterocycles. The van der Waals surface area contributed by atoms with Crippen molar-refractivity contribution in [3.05, 3.63) is 23.5 Å². The molecular formula is C20H29N5O. The Morgan fingerprint density at radius 1 is 1.27 bits per heavy atom. The lowest BCUT2D eigenvalue weighted by molar-refractivity contribution is 0.0663. The van der Waals surface area contributed by atoms with Crippen LogP contribution in [0.5, 0.6) is 0 Å². The Hall–Kier alpha value is -1.95. The minimum absolute atomic E-state index is 0.105. The quantitative estimate of drug-likeness (QED) is 0.914. The minimum atomic E-state index is 0.105. The predicted molar refractivity (Wildman–Crippen MR) is 102 cm³/mol. The first kappa shape index (κ1) is 17.5. The molecule has 2 aromatic rings. The highest BCUT2D eigenvalue weighted by Gasteiger charge is 2.31. The van der Waals surface area contributed by atoms with Gasteiger partial charge in [0.1, 0.15) is 0 Å². The molecule has 0 spiro atoms. The Morgan fingerprint density at radius 3 is 2.69 bits per heavy atom. The summed E-state index contributed by atoms with van der Waals surface area (Å²) in [7, 11) is 0. The second kappa shape index (κ2) is 6.65. The first-order chi connectivity index (χ1) is 12.5. The number of hydrogen-bond acceptors (Lipinski definition) is 4. The van der Waals surface area contributed by atoms with Gasteiger partial charge in [0.15, 0.2) is 5.65 Å². The number of hydrogen-bond donors (Lipinski definition) is 1. The molecule has 140 valence electrons. The van der Waals surface area contributed by atoms with Crippen LogP contribution in [0.25, 0.3) is 11.0 Å². The van der Waals surface area contributed by atoms with Gasteiger partial charge >= 0.3 is 0 Å². The molecule has 26 heavy (non-hydrogen) atoms. The van der Waals surface area contributed by atoms with Gasteiger partial charge in [-0.1, -0.05) is 0 Å². The molecule has 0 aromatic carbocycles. The number of amides is 1. The lowest BCUT2D eigenvalue weighted by Gasteiger charge is -2.34. The summed E-state index contributed by atoms with van der Waals surface area (Å²) in [5.74, 6) is 0.985. The van der Waals surface area contributed by atoms with Crippen LogP contribution in [-0.4, -0.2) is 44.7 Å². The highest BCUT2D eigenvalue weighted by Crippen LogP contribution is 2.40. The van der Waals surface area contributed by atoms with Crippen LogP contribution in [0.1, 0.15) is 74.5 Å². The van der Waals surface area contributed by atoms with Gasteiger partial charge in [0.2, 0.25) is 0 Å². The molecule has 2 fully saturated rings. The minimum Gasteiger partial charge on any atom is -0.338 e. The van der Waals surface area contributed by atoms with E-state index in [1.165, 1.54) is 12.8 Å².